The lowest BCUT2D eigenvalue weighted by atomic mass is 10.0. The summed E-state index contributed by atoms with van der Waals surface area (Å²) in [6, 6.07) is 11.5. The van der Waals surface area contributed by atoms with E-state index in [9.17, 15) is 13.2 Å². The average Bonchev–Trinajstić information content (AvgIpc) is 3.17. The van der Waals surface area contributed by atoms with Crippen LogP contribution in [-0.2, 0) is 12.6 Å². The average molecular weight is 357 g/mol. The largest absolute Gasteiger partial charge is 0.416 e. The van der Waals surface area contributed by atoms with E-state index in [1.807, 2.05) is 30.7 Å². The molecule has 3 nitrogen and oxygen atoms in total. The van der Waals surface area contributed by atoms with Gasteiger partial charge in [0, 0.05) is 17.7 Å². The van der Waals surface area contributed by atoms with E-state index in [4.69, 9.17) is 0 Å². The van der Waals surface area contributed by atoms with Crippen molar-refractivity contribution in [2.24, 2.45) is 0 Å². The van der Waals surface area contributed by atoms with Crippen LogP contribution in [0.5, 0.6) is 0 Å². The third-order valence-corrected chi connectivity index (χ3v) is 4.69. The molecule has 1 N–H and O–H groups in total. The Balaban J connectivity index is 1.87. The fourth-order valence-electron chi connectivity index (χ4n) is 3.47. The monoisotopic (exact) mass is 357 g/mol. The number of anilines is 1. The number of halogens is 3. The van der Waals surface area contributed by atoms with Crippen molar-refractivity contribution in [1.29, 1.82) is 0 Å². The lowest BCUT2D eigenvalue weighted by Gasteiger charge is -2.10. The molecule has 0 saturated heterocycles. The predicted molar refractivity (Wildman–Crippen MR) is 95.7 cm³/mol. The van der Waals surface area contributed by atoms with Gasteiger partial charge in [-0.15, -0.1) is 0 Å². The minimum absolute atomic E-state index is 0.489. The number of hydrogen-bond acceptors (Lipinski definition) is 2. The van der Waals surface area contributed by atoms with Crippen LogP contribution < -0.4 is 5.32 Å². The highest BCUT2D eigenvalue weighted by atomic mass is 19.4. The lowest BCUT2D eigenvalue weighted by Crippen LogP contribution is -2.06. The zero-order chi connectivity index (χ0) is 18.5. The summed E-state index contributed by atoms with van der Waals surface area (Å²) < 4.78 is 41.1. The van der Waals surface area contributed by atoms with Crippen LogP contribution in [-0.4, -0.2) is 16.3 Å². The van der Waals surface area contributed by atoms with Crippen molar-refractivity contribution >= 4 is 5.82 Å². The van der Waals surface area contributed by atoms with E-state index in [-0.39, 0.29) is 0 Å². The molecular formula is C20H18F3N3. The molecule has 0 aliphatic carbocycles. The summed E-state index contributed by atoms with van der Waals surface area (Å²) >= 11 is 0. The Morgan fingerprint density at radius 1 is 1.08 bits per heavy atom. The zero-order valence-corrected chi connectivity index (χ0v) is 14.5. The maximum absolute atomic E-state index is 13.1. The minimum atomic E-state index is -4.37. The maximum atomic E-state index is 13.1. The fourth-order valence-corrected chi connectivity index (χ4v) is 3.47. The summed E-state index contributed by atoms with van der Waals surface area (Å²) in [7, 11) is 0. The van der Waals surface area contributed by atoms with Gasteiger partial charge in [0.25, 0.3) is 0 Å². The number of rotatable bonds is 2. The highest BCUT2D eigenvalue weighted by Gasteiger charge is 2.31. The summed E-state index contributed by atoms with van der Waals surface area (Å²) in [6.45, 7) is 4.79. The molecule has 0 amide bonds. The first-order chi connectivity index (χ1) is 12.3. The van der Waals surface area contributed by atoms with Gasteiger partial charge in [-0.1, -0.05) is 29.8 Å². The van der Waals surface area contributed by atoms with E-state index in [1.54, 1.807) is 6.07 Å². The molecule has 26 heavy (non-hydrogen) atoms. The molecule has 4 rings (SSSR count). The van der Waals surface area contributed by atoms with Gasteiger partial charge in [-0.05, 0) is 44.0 Å². The van der Waals surface area contributed by atoms with Crippen molar-refractivity contribution in [1.82, 2.24) is 9.78 Å². The van der Waals surface area contributed by atoms with E-state index >= 15 is 0 Å². The highest BCUT2D eigenvalue weighted by molar-refractivity contribution is 5.73. The lowest BCUT2D eigenvalue weighted by molar-refractivity contribution is -0.137. The van der Waals surface area contributed by atoms with Crippen LogP contribution in [0.3, 0.4) is 0 Å². The zero-order valence-electron chi connectivity index (χ0n) is 14.5. The molecule has 6 heteroatoms. The Labute approximate surface area is 149 Å². The number of aromatic nitrogens is 2. The van der Waals surface area contributed by atoms with Crippen LogP contribution in [0, 0.1) is 13.8 Å². The molecule has 3 aromatic rings. The fraction of sp³-hybridized carbons (Fsp3) is 0.250. The van der Waals surface area contributed by atoms with Crippen molar-refractivity contribution in [3.05, 3.63) is 64.7 Å². The van der Waals surface area contributed by atoms with Gasteiger partial charge in [0.15, 0.2) is 0 Å². The number of benzene rings is 2. The molecule has 134 valence electrons. The highest BCUT2D eigenvalue weighted by Crippen LogP contribution is 2.37. The summed E-state index contributed by atoms with van der Waals surface area (Å²) in [6.07, 6.45) is -3.63. The van der Waals surface area contributed by atoms with Crippen molar-refractivity contribution in [2.75, 3.05) is 11.9 Å². The quantitative estimate of drug-likeness (QED) is 0.688. The Morgan fingerprint density at radius 2 is 1.88 bits per heavy atom. The molecule has 0 radical (unpaired) electrons. The summed E-state index contributed by atoms with van der Waals surface area (Å²) in [4.78, 5) is 0. The van der Waals surface area contributed by atoms with E-state index in [1.165, 1.54) is 12.1 Å². The first kappa shape index (κ1) is 16.7. The molecule has 0 spiro atoms. The summed E-state index contributed by atoms with van der Waals surface area (Å²) in [5, 5.41) is 8.00. The molecule has 1 aliphatic heterocycles. The summed E-state index contributed by atoms with van der Waals surface area (Å²) in [5.41, 5.74) is 4.56. The molecule has 1 aliphatic rings. The number of aryl methyl sites for hydroxylation is 2. The molecule has 2 aromatic carbocycles. The molecule has 0 unspecified atom stereocenters. The van der Waals surface area contributed by atoms with Gasteiger partial charge in [0.05, 0.1) is 16.9 Å². The van der Waals surface area contributed by atoms with Gasteiger partial charge in [-0.2, -0.15) is 18.3 Å². The first-order valence-corrected chi connectivity index (χ1v) is 8.45. The molecule has 1 aromatic heterocycles. The Kier molecular flexibility index (Phi) is 3.79. The topological polar surface area (TPSA) is 29.9 Å². The van der Waals surface area contributed by atoms with Gasteiger partial charge in [0.2, 0.25) is 0 Å². The van der Waals surface area contributed by atoms with E-state index < -0.39 is 11.7 Å². The molecule has 0 atom stereocenters. The molecule has 0 bridgehead atoms. The van der Waals surface area contributed by atoms with Crippen LogP contribution >= 0.6 is 0 Å². The van der Waals surface area contributed by atoms with E-state index in [0.717, 1.165) is 47.2 Å². The van der Waals surface area contributed by atoms with Crippen LogP contribution in [0.25, 0.3) is 16.9 Å². The second-order valence-corrected chi connectivity index (χ2v) is 6.63. The standard InChI is InChI=1S/C20H18F3N3/c1-12-6-7-17(13(2)10-12)26-19-16(8-9-24-19)18(25-26)14-4-3-5-15(11-14)20(21,22)23/h3-7,10-11,24H,8-9H2,1-2H3. The third-order valence-electron chi connectivity index (χ3n) is 4.69. The van der Waals surface area contributed by atoms with Crippen molar-refractivity contribution < 1.29 is 13.2 Å². The molecule has 2 heterocycles. The number of nitrogens with one attached hydrogen (secondary N) is 1. The van der Waals surface area contributed by atoms with Gasteiger partial charge in [-0.25, -0.2) is 4.68 Å². The number of fused-ring (bicyclic) bond motifs is 1. The Morgan fingerprint density at radius 3 is 2.62 bits per heavy atom. The van der Waals surface area contributed by atoms with Crippen LogP contribution in [0.2, 0.25) is 0 Å². The van der Waals surface area contributed by atoms with Crippen molar-refractivity contribution in [2.45, 2.75) is 26.4 Å². The van der Waals surface area contributed by atoms with Crippen molar-refractivity contribution in [3.8, 4) is 16.9 Å². The Bertz CT molecular complexity index is 986. The first-order valence-electron chi connectivity index (χ1n) is 8.45. The van der Waals surface area contributed by atoms with Gasteiger partial charge < -0.3 is 5.32 Å². The van der Waals surface area contributed by atoms with E-state index in [2.05, 4.69) is 16.5 Å². The number of nitrogens with zero attached hydrogens (tertiary/aromatic N) is 2. The Hall–Kier alpha value is -2.76. The normalized spacial score (nSPS) is 13.6. The number of hydrogen-bond donors (Lipinski definition) is 1. The van der Waals surface area contributed by atoms with Crippen LogP contribution in [0.1, 0.15) is 22.3 Å². The molecule has 0 saturated carbocycles. The SMILES string of the molecule is Cc1ccc(-n2nc(-c3cccc(C(F)(F)F)c3)c3c2NCC3)c(C)c1. The van der Waals surface area contributed by atoms with Crippen molar-refractivity contribution in [3.63, 3.8) is 0 Å². The maximum Gasteiger partial charge on any atom is 0.416 e. The molecule has 0 fully saturated rings. The van der Waals surface area contributed by atoms with E-state index in [0.29, 0.717) is 11.3 Å². The minimum Gasteiger partial charge on any atom is -0.369 e. The van der Waals surface area contributed by atoms with Crippen LogP contribution in [0.15, 0.2) is 42.5 Å². The smallest absolute Gasteiger partial charge is 0.369 e. The molecular weight excluding hydrogens is 339 g/mol. The van der Waals surface area contributed by atoms with Gasteiger partial charge in [0.1, 0.15) is 5.82 Å². The predicted octanol–water partition coefficient (Wildman–Crippen LogP) is 5.14. The second kappa shape index (κ2) is 5.90. The van der Waals surface area contributed by atoms with Crippen LogP contribution in [0.4, 0.5) is 19.0 Å². The second-order valence-electron chi connectivity index (χ2n) is 6.63. The van der Waals surface area contributed by atoms with Gasteiger partial charge >= 0.3 is 6.18 Å². The number of alkyl halides is 3. The third kappa shape index (κ3) is 2.75. The van der Waals surface area contributed by atoms with Gasteiger partial charge in [-0.3, -0.25) is 0 Å². The summed E-state index contributed by atoms with van der Waals surface area (Å²) in [5.74, 6) is 0.865.